The Morgan fingerprint density at radius 2 is 2.03 bits per heavy atom. The molecule has 1 N–H and O–H groups in total. The third kappa shape index (κ3) is 4.66. The molecule has 0 bridgehead atoms. The molecule has 4 aromatic rings. The zero-order chi connectivity index (χ0) is 27.1. The van der Waals surface area contributed by atoms with E-state index in [0.29, 0.717) is 34.8 Å². The van der Waals surface area contributed by atoms with Crippen LogP contribution >= 0.6 is 11.6 Å². The van der Waals surface area contributed by atoms with Crippen LogP contribution in [0.3, 0.4) is 0 Å². The Hall–Kier alpha value is -4.16. The first-order valence-electron chi connectivity index (χ1n) is 13.1. The molecule has 198 valence electrons. The highest BCUT2D eigenvalue weighted by molar-refractivity contribution is 6.33. The van der Waals surface area contributed by atoms with Gasteiger partial charge < -0.3 is 15.0 Å². The minimum Gasteiger partial charge on any atom is -0.492 e. The number of anilines is 1. The molecule has 9 nitrogen and oxygen atoms in total. The van der Waals surface area contributed by atoms with E-state index in [1.165, 1.54) is 0 Å². The van der Waals surface area contributed by atoms with Gasteiger partial charge >= 0.3 is 0 Å². The predicted octanol–water partition coefficient (Wildman–Crippen LogP) is 4.75. The van der Waals surface area contributed by atoms with Crippen molar-refractivity contribution in [1.29, 1.82) is 5.26 Å². The quantitative estimate of drug-likeness (QED) is 0.375. The average Bonchev–Trinajstić information content (AvgIpc) is 3.60. The Balaban J connectivity index is 1.17. The van der Waals surface area contributed by atoms with Crippen molar-refractivity contribution in [2.45, 2.75) is 32.2 Å². The topological polar surface area (TPSA) is 108 Å². The van der Waals surface area contributed by atoms with Crippen molar-refractivity contribution in [1.82, 2.24) is 24.9 Å². The van der Waals surface area contributed by atoms with Crippen LogP contribution in [0.25, 0.3) is 16.6 Å². The van der Waals surface area contributed by atoms with Crippen molar-refractivity contribution in [2.24, 2.45) is 11.8 Å². The lowest BCUT2D eigenvalue weighted by molar-refractivity contribution is 0.0900. The van der Waals surface area contributed by atoms with Crippen LogP contribution in [0.4, 0.5) is 5.82 Å². The average molecular weight is 542 g/mol. The number of aromatic nitrogens is 4. The molecule has 0 radical (unpaired) electrons. The number of amides is 1. The lowest BCUT2D eigenvalue weighted by atomic mass is 9.97. The van der Waals surface area contributed by atoms with Gasteiger partial charge in [0.25, 0.3) is 5.91 Å². The summed E-state index contributed by atoms with van der Waals surface area (Å²) in [6.45, 7) is 6.35. The fraction of sp³-hybridized carbons (Fsp3) is 0.345. The van der Waals surface area contributed by atoms with Gasteiger partial charge in [0.2, 0.25) is 0 Å². The first-order valence-corrected chi connectivity index (χ1v) is 13.4. The summed E-state index contributed by atoms with van der Waals surface area (Å²) < 4.78 is 7.42. The van der Waals surface area contributed by atoms with Crippen LogP contribution < -0.4 is 15.0 Å². The summed E-state index contributed by atoms with van der Waals surface area (Å²) >= 11 is 6.18. The molecule has 1 amide bonds. The van der Waals surface area contributed by atoms with Crippen molar-refractivity contribution in [2.75, 3.05) is 24.6 Å². The molecule has 2 fully saturated rings. The van der Waals surface area contributed by atoms with Gasteiger partial charge in [-0.25, -0.2) is 14.5 Å². The number of rotatable bonds is 6. The van der Waals surface area contributed by atoms with Crippen molar-refractivity contribution in [3.8, 4) is 22.9 Å². The minimum atomic E-state index is -0.294. The van der Waals surface area contributed by atoms with E-state index >= 15 is 0 Å². The molecule has 39 heavy (non-hydrogen) atoms. The molecule has 1 aliphatic heterocycles. The molecule has 10 heteroatoms. The molecule has 0 aromatic carbocycles. The zero-order valence-electron chi connectivity index (χ0n) is 21.8. The first kappa shape index (κ1) is 25.1. The van der Waals surface area contributed by atoms with Crippen molar-refractivity contribution < 1.29 is 9.53 Å². The van der Waals surface area contributed by atoms with Gasteiger partial charge in [0, 0.05) is 42.1 Å². The van der Waals surface area contributed by atoms with Gasteiger partial charge in [-0.2, -0.15) is 10.4 Å². The van der Waals surface area contributed by atoms with E-state index in [1.807, 2.05) is 31.3 Å². The third-order valence-corrected chi connectivity index (χ3v) is 8.10. The number of nitriles is 1. The van der Waals surface area contributed by atoms with Gasteiger partial charge in [-0.1, -0.05) is 11.6 Å². The Bertz CT molecular complexity index is 1580. The maximum Gasteiger partial charge on any atom is 0.271 e. The number of halogens is 1. The Morgan fingerprint density at radius 1 is 1.23 bits per heavy atom. The molecular weight excluding hydrogens is 514 g/mol. The summed E-state index contributed by atoms with van der Waals surface area (Å²) in [4.78, 5) is 24.1. The normalized spacial score (nSPS) is 22.1. The molecule has 1 aliphatic carbocycles. The largest absolute Gasteiger partial charge is 0.492 e. The fourth-order valence-electron chi connectivity index (χ4n) is 6.19. The van der Waals surface area contributed by atoms with E-state index in [4.69, 9.17) is 21.3 Å². The predicted molar refractivity (Wildman–Crippen MR) is 148 cm³/mol. The number of hydrogen-bond donors (Lipinski definition) is 1. The third-order valence-electron chi connectivity index (χ3n) is 7.79. The molecular formula is C29H28ClN7O2. The molecule has 1 saturated heterocycles. The highest BCUT2D eigenvalue weighted by Gasteiger charge is 2.47. The number of hydrogen-bond acceptors (Lipinski definition) is 7. The number of carbonyl (C=O) groups excluding carboxylic acids is 1. The lowest BCUT2D eigenvalue weighted by Crippen LogP contribution is -2.45. The smallest absolute Gasteiger partial charge is 0.271 e. The second-order valence-corrected chi connectivity index (χ2v) is 11.0. The highest BCUT2D eigenvalue weighted by Crippen LogP contribution is 2.45. The summed E-state index contributed by atoms with van der Waals surface area (Å²) in [6.07, 6.45) is 8.57. The Labute approximate surface area is 231 Å². The van der Waals surface area contributed by atoms with Crippen LogP contribution in [0.1, 0.15) is 42.7 Å². The summed E-state index contributed by atoms with van der Waals surface area (Å²) in [7, 11) is 0. The highest BCUT2D eigenvalue weighted by atomic mass is 35.5. The number of nitrogens with one attached hydrogen (secondary N) is 1. The van der Waals surface area contributed by atoms with Gasteiger partial charge in [0.1, 0.15) is 23.3 Å². The Kier molecular flexibility index (Phi) is 6.35. The molecule has 6 rings (SSSR count). The number of fused-ring (bicyclic) bond motifs is 2. The number of ether oxygens (including phenoxy) is 1. The summed E-state index contributed by atoms with van der Waals surface area (Å²) in [6, 6.07) is 11.6. The maximum absolute atomic E-state index is 12.8. The van der Waals surface area contributed by atoms with Gasteiger partial charge in [-0.05, 0) is 68.9 Å². The lowest BCUT2D eigenvalue weighted by Gasteiger charge is -2.28. The molecule has 0 spiro atoms. The van der Waals surface area contributed by atoms with Crippen LogP contribution in [0.15, 0.2) is 55.1 Å². The number of pyridine rings is 3. The molecule has 1 saturated carbocycles. The summed E-state index contributed by atoms with van der Waals surface area (Å²) in [5.41, 5.74) is 2.96. The number of nitrogens with zero attached hydrogens (tertiary/aromatic N) is 6. The second-order valence-electron chi connectivity index (χ2n) is 10.6. The van der Waals surface area contributed by atoms with E-state index in [2.05, 4.69) is 33.3 Å². The molecule has 4 aromatic heterocycles. The molecule has 2 aliphatic rings. The standard InChI is InChI=1S/C29H28ClN7O2/c1-3-39-22-9-23(27-21(12-31)14-34-37(27)17-22)18-6-7-25(33-13-18)36-15-19-10-29(2,11-20(19)16-36)35-28(38)26-24(30)5-4-8-32-26/h4-9,13-14,17,19-20H,3,10-11,15-16H2,1-2H3,(H,35,38). The summed E-state index contributed by atoms with van der Waals surface area (Å²) in [5.74, 6) is 2.30. The van der Waals surface area contributed by atoms with Gasteiger partial charge in [0.15, 0.2) is 0 Å². The number of carbonyl (C=O) groups is 1. The van der Waals surface area contributed by atoms with Crippen LogP contribution in [0, 0.1) is 23.2 Å². The van der Waals surface area contributed by atoms with E-state index in [1.54, 1.807) is 35.2 Å². The van der Waals surface area contributed by atoms with Crippen molar-refractivity contribution >= 4 is 28.8 Å². The van der Waals surface area contributed by atoms with Gasteiger partial charge in [-0.3, -0.25) is 4.79 Å². The molecule has 2 atom stereocenters. The maximum atomic E-state index is 12.8. The van der Waals surface area contributed by atoms with Crippen molar-refractivity contribution in [3.05, 3.63) is 71.4 Å². The van der Waals surface area contributed by atoms with E-state index < -0.39 is 0 Å². The van der Waals surface area contributed by atoms with E-state index in [-0.39, 0.29) is 17.1 Å². The monoisotopic (exact) mass is 541 g/mol. The van der Waals surface area contributed by atoms with Gasteiger partial charge in [0.05, 0.1) is 35.1 Å². The first-order chi connectivity index (χ1) is 18.9. The molecule has 5 heterocycles. The van der Waals surface area contributed by atoms with Crippen LogP contribution in [-0.4, -0.2) is 50.7 Å². The fourth-order valence-corrected chi connectivity index (χ4v) is 6.40. The SMILES string of the molecule is CCOc1cc(-c2ccc(N3CC4CC(C)(NC(=O)c5ncccc5Cl)CC4C3)nc2)c2c(C#N)cnn2c1. The summed E-state index contributed by atoms with van der Waals surface area (Å²) in [5, 5.41) is 17.5. The van der Waals surface area contributed by atoms with E-state index in [9.17, 15) is 10.1 Å². The zero-order valence-corrected chi connectivity index (χ0v) is 22.5. The molecule has 2 unspecified atom stereocenters. The van der Waals surface area contributed by atoms with E-state index in [0.717, 1.165) is 48.4 Å². The van der Waals surface area contributed by atoms with Crippen LogP contribution in [-0.2, 0) is 0 Å². The van der Waals surface area contributed by atoms with Crippen molar-refractivity contribution in [3.63, 3.8) is 0 Å². The van der Waals surface area contributed by atoms with Gasteiger partial charge in [-0.15, -0.1) is 0 Å². The van der Waals surface area contributed by atoms with Crippen LogP contribution in [0.5, 0.6) is 5.75 Å². The Morgan fingerprint density at radius 3 is 2.69 bits per heavy atom. The second kappa shape index (κ2) is 9.86. The van der Waals surface area contributed by atoms with Crippen LogP contribution in [0.2, 0.25) is 5.02 Å². The minimum absolute atomic E-state index is 0.225.